The lowest BCUT2D eigenvalue weighted by atomic mass is 10.0. The van der Waals surface area contributed by atoms with E-state index in [9.17, 15) is 18.0 Å². The number of anilines is 1. The number of nitrogens with zero attached hydrogens (tertiary/aromatic N) is 2. The highest BCUT2D eigenvalue weighted by Gasteiger charge is 2.36. The van der Waals surface area contributed by atoms with Crippen LogP contribution in [0.2, 0.25) is 10.0 Å². The summed E-state index contributed by atoms with van der Waals surface area (Å²) >= 11 is 13.0. The molecule has 4 aromatic rings. The molecule has 0 radical (unpaired) electrons. The molecule has 266 valence electrons. The molecular weight excluding hydrogens is 701 g/mol. The Morgan fingerprint density at radius 2 is 1.48 bits per heavy atom. The fourth-order valence-electron chi connectivity index (χ4n) is 5.35. The Kier molecular flexibility index (Phi) is 13.8. The summed E-state index contributed by atoms with van der Waals surface area (Å²) in [5.41, 5.74) is 1.41. The predicted octanol–water partition coefficient (Wildman–Crippen LogP) is 6.77. The summed E-state index contributed by atoms with van der Waals surface area (Å²) < 4.78 is 46.3. The minimum atomic E-state index is -4.51. The van der Waals surface area contributed by atoms with Crippen molar-refractivity contribution in [2.75, 3.05) is 38.7 Å². The van der Waals surface area contributed by atoms with Crippen LogP contribution in [0.15, 0.2) is 95.9 Å². The summed E-state index contributed by atoms with van der Waals surface area (Å²) in [6.45, 7) is 1.63. The van der Waals surface area contributed by atoms with Gasteiger partial charge < -0.3 is 24.4 Å². The first kappa shape index (κ1) is 38.4. The molecule has 0 saturated heterocycles. The number of hydrogen-bond donors (Lipinski definition) is 1. The second kappa shape index (κ2) is 18.0. The van der Waals surface area contributed by atoms with Gasteiger partial charge in [-0.15, -0.1) is 0 Å². The maximum absolute atomic E-state index is 14.8. The topological polar surface area (TPSA) is 114 Å². The van der Waals surface area contributed by atoms with Crippen LogP contribution >= 0.6 is 23.2 Å². The van der Waals surface area contributed by atoms with Gasteiger partial charge in [0.15, 0.2) is 11.5 Å². The predicted molar refractivity (Wildman–Crippen MR) is 196 cm³/mol. The van der Waals surface area contributed by atoms with Crippen LogP contribution in [0.25, 0.3) is 0 Å². The van der Waals surface area contributed by atoms with Gasteiger partial charge in [-0.05, 0) is 53.9 Å². The number of benzene rings is 4. The fourth-order valence-corrected chi connectivity index (χ4v) is 7.14. The lowest BCUT2D eigenvalue weighted by Crippen LogP contribution is -2.53. The molecule has 0 bridgehead atoms. The standard InChI is InChI=1S/C37H41Cl2N3O7S/c1-5-6-20-40-37(44)32(21-26-12-8-7-9-13-26)41(24-27-14-10-11-15-30(27)39)36(43)25-42(31-22-28(38)16-18-33(31)47-2)50(45,46)29-17-19-34(48-3)35(23-29)49-4/h7-19,22-23,32H,5-6,20-21,24-25H2,1-4H3,(H,40,44)/t32-/m0/s1. The van der Waals surface area contributed by atoms with E-state index in [0.29, 0.717) is 22.9 Å². The number of rotatable bonds is 17. The maximum Gasteiger partial charge on any atom is 0.265 e. The van der Waals surface area contributed by atoms with Crippen LogP contribution in [0.1, 0.15) is 30.9 Å². The van der Waals surface area contributed by atoms with Gasteiger partial charge in [-0.25, -0.2) is 8.42 Å². The first-order chi connectivity index (χ1) is 24.0. The Balaban J connectivity index is 1.88. The molecule has 1 atom stereocenters. The fraction of sp³-hybridized carbons (Fsp3) is 0.297. The van der Waals surface area contributed by atoms with E-state index in [1.165, 1.54) is 56.6 Å². The lowest BCUT2D eigenvalue weighted by molar-refractivity contribution is -0.140. The Hall–Kier alpha value is -4.45. The molecule has 0 aliphatic rings. The molecule has 0 unspecified atom stereocenters. The first-order valence-electron chi connectivity index (χ1n) is 16.0. The number of carbonyl (C=O) groups is 2. The third-order valence-corrected chi connectivity index (χ3v) is 10.4. The van der Waals surface area contributed by atoms with Gasteiger partial charge in [0.25, 0.3) is 10.0 Å². The van der Waals surface area contributed by atoms with Crippen molar-refractivity contribution < 1.29 is 32.2 Å². The Labute approximate surface area is 303 Å². The first-order valence-corrected chi connectivity index (χ1v) is 18.2. The smallest absolute Gasteiger partial charge is 0.265 e. The molecule has 2 amide bonds. The average molecular weight is 743 g/mol. The molecular formula is C37H41Cl2N3O7S. The van der Waals surface area contributed by atoms with E-state index in [1.54, 1.807) is 30.3 Å². The van der Waals surface area contributed by atoms with E-state index < -0.39 is 28.5 Å². The maximum atomic E-state index is 14.8. The molecule has 13 heteroatoms. The number of hydrogen-bond acceptors (Lipinski definition) is 7. The van der Waals surface area contributed by atoms with Crippen LogP contribution < -0.4 is 23.8 Å². The molecule has 0 aliphatic carbocycles. The van der Waals surface area contributed by atoms with Crippen LogP contribution in [0.5, 0.6) is 17.2 Å². The highest BCUT2D eigenvalue weighted by molar-refractivity contribution is 7.92. The molecule has 1 N–H and O–H groups in total. The molecule has 0 spiro atoms. The van der Waals surface area contributed by atoms with Gasteiger partial charge in [0, 0.05) is 35.6 Å². The molecule has 0 fully saturated rings. The van der Waals surface area contributed by atoms with Crippen molar-refractivity contribution in [3.63, 3.8) is 0 Å². The molecule has 50 heavy (non-hydrogen) atoms. The molecule has 0 heterocycles. The minimum Gasteiger partial charge on any atom is -0.495 e. The molecule has 0 aromatic heterocycles. The number of halogens is 2. The van der Waals surface area contributed by atoms with E-state index in [0.717, 1.165) is 22.7 Å². The Morgan fingerprint density at radius 1 is 0.820 bits per heavy atom. The number of amides is 2. The summed E-state index contributed by atoms with van der Waals surface area (Å²) in [7, 11) is -0.297. The van der Waals surface area contributed by atoms with Gasteiger partial charge in [0.05, 0.1) is 31.9 Å². The summed E-state index contributed by atoms with van der Waals surface area (Å²) in [5, 5.41) is 3.57. The number of unbranched alkanes of at least 4 members (excludes halogenated alkanes) is 1. The second-order valence-corrected chi connectivity index (χ2v) is 14.0. The van der Waals surface area contributed by atoms with Crippen LogP contribution in [-0.4, -0.2) is 65.6 Å². The molecule has 0 saturated carbocycles. The van der Waals surface area contributed by atoms with Gasteiger partial charge in [0.2, 0.25) is 11.8 Å². The highest BCUT2D eigenvalue weighted by Crippen LogP contribution is 2.37. The van der Waals surface area contributed by atoms with Crippen molar-refractivity contribution >= 4 is 50.7 Å². The van der Waals surface area contributed by atoms with Crippen LogP contribution in [0.3, 0.4) is 0 Å². The summed E-state index contributed by atoms with van der Waals surface area (Å²) in [6, 6.07) is 23.9. The SMILES string of the molecule is CCCCNC(=O)[C@H](Cc1ccccc1)N(Cc1ccccc1Cl)C(=O)CN(c1cc(Cl)ccc1OC)S(=O)(=O)c1ccc(OC)c(OC)c1. The monoisotopic (exact) mass is 741 g/mol. The second-order valence-electron chi connectivity index (χ2n) is 11.3. The highest BCUT2D eigenvalue weighted by atomic mass is 35.5. The van der Waals surface area contributed by atoms with Crippen molar-refractivity contribution in [3.8, 4) is 17.2 Å². The van der Waals surface area contributed by atoms with Gasteiger partial charge in [0.1, 0.15) is 18.3 Å². The van der Waals surface area contributed by atoms with E-state index in [4.69, 9.17) is 37.4 Å². The summed E-state index contributed by atoms with van der Waals surface area (Å²) in [4.78, 5) is 29.9. The zero-order valence-corrected chi connectivity index (χ0v) is 30.7. The van der Waals surface area contributed by atoms with E-state index in [-0.39, 0.29) is 46.0 Å². The van der Waals surface area contributed by atoms with E-state index in [1.807, 2.05) is 37.3 Å². The average Bonchev–Trinajstić information content (AvgIpc) is 3.12. The Bertz CT molecular complexity index is 1880. The lowest BCUT2D eigenvalue weighted by Gasteiger charge is -2.34. The normalized spacial score (nSPS) is 11.7. The van der Waals surface area contributed by atoms with Crippen LogP contribution in [0, 0.1) is 0 Å². The van der Waals surface area contributed by atoms with Gasteiger partial charge >= 0.3 is 0 Å². The molecule has 0 aliphatic heterocycles. The van der Waals surface area contributed by atoms with Gasteiger partial charge in [-0.2, -0.15) is 0 Å². The van der Waals surface area contributed by atoms with E-state index >= 15 is 0 Å². The quantitative estimate of drug-likeness (QED) is 0.119. The zero-order valence-electron chi connectivity index (χ0n) is 28.4. The zero-order chi connectivity index (χ0) is 36.3. The van der Waals surface area contributed by atoms with Crippen LogP contribution in [0.4, 0.5) is 5.69 Å². The number of methoxy groups -OCH3 is 3. The van der Waals surface area contributed by atoms with Crippen molar-refractivity contribution in [1.82, 2.24) is 10.2 Å². The summed E-state index contributed by atoms with van der Waals surface area (Å²) in [5.74, 6) is -0.398. The van der Waals surface area contributed by atoms with Crippen molar-refractivity contribution in [1.29, 1.82) is 0 Å². The third-order valence-electron chi connectivity index (χ3n) is 8.03. The minimum absolute atomic E-state index is 0.0211. The van der Waals surface area contributed by atoms with Gasteiger partial charge in [-0.3, -0.25) is 13.9 Å². The van der Waals surface area contributed by atoms with Crippen molar-refractivity contribution in [3.05, 3.63) is 112 Å². The van der Waals surface area contributed by atoms with Crippen molar-refractivity contribution in [2.24, 2.45) is 0 Å². The van der Waals surface area contributed by atoms with Crippen LogP contribution in [-0.2, 0) is 32.6 Å². The molecule has 4 rings (SSSR count). The summed E-state index contributed by atoms with van der Waals surface area (Å²) in [6.07, 6.45) is 1.77. The number of nitrogens with one attached hydrogen (secondary N) is 1. The van der Waals surface area contributed by atoms with Gasteiger partial charge in [-0.1, -0.05) is 85.1 Å². The van der Waals surface area contributed by atoms with E-state index in [2.05, 4.69) is 5.32 Å². The Morgan fingerprint density at radius 3 is 2.14 bits per heavy atom. The largest absolute Gasteiger partial charge is 0.495 e. The number of sulfonamides is 1. The number of carbonyl (C=O) groups excluding carboxylic acids is 2. The molecule has 10 nitrogen and oxygen atoms in total. The number of ether oxygens (including phenoxy) is 3. The molecule has 4 aromatic carbocycles. The van der Waals surface area contributed by atoms with Crippen molar-refractivity contribution in [2.45, 2.75) is 43.7 Å². The third kappa shape index (κ3) is 9.41.